The fraction of sp³-hybridized carbons (Fsp3) is 0.867. The van der Waals surface area contributed by atoms with Crippen molar-refractivity contribution in [2.75, 3.05) is 33.9 Å². The van der Waals surface area contributed by atoms with Crippen LogP contribution < -0.4 is 10.6 Å². The van der Waals surface area contributed by atoms with Gasteiger partial charge in [0.2, 0.25) is 0 Å². The zero-order chi connectivity index (χ0) is 16.7. The highest BCUT2D eigenvalue weighted by atomic mass is 16.7. The van der Waals surface area contributed by atoms with Gasteiger partial charge in [-0.2, -0.15) is 0 Å². The topological polar surface area (TPSA) is 95.1 Å². The molecule has 1 saturated carbocycles. The number of rotatable bonds is 6. The van der Waals surface area contributed by atoms with Gasteiger partial charge < -0.3 is 29.6 Å². The molecule has 0 aromatic rings. The molecule has 0 radical (unpaired) electrons. The van der Waals surface area contributed by atoms with Crippen LogP contribution in [0.25, 0.3) is 0 Å². The third-order valence-electron chi connectivity index (χ3n) is 4.18. The first-order chi connectivity index (χ1) is 11.1. The van der Waals surface area contributed by atoms with Gasteiger partial charge in [0.15, 0.2) is 12.1 Å². The van der Waals surface area contributed by atoms with Crippen molar-refractivity contribution < 1.29 is 28.5 Å². The standard InChI is InChI=1S/C15H26N2O6/c1-20-12(21-2)9-17-14(19)13(18)16-8-11-10-22-15(23-11)6-4-3-5-7-15/h11-12H,3-10H2,1-2H3,(H,16,18)(H,17,19)/t11-/m1/s1. The van der Waals surface area contributed by atoms with Crippen molar-refractivity contribution in [1.29, 1.82) is 0 Å². The summed E-state index contributed by atoms with van der Waals surface area (Å²) in [4.78, 5) is 23.4. The van der Waals surface area contributed by atoms with Gasteiger partial charge in [-0.25, -0.2) is 0 Å². The molecule has 2 aliphatic rings. The van der Waals surface area contributed by atoms with Crippen LogP contribution in [-0.4, -0.2) is 63.9 Å². The van der Waals surface area contributed by atoms with E-state index >= 15 is 0 Å². The zero-order valence-electron chi connectivity index (χ0n) is 13.8. The fourth-order valence-corrected chi connectivity index (χ4v) is 2.88. The van der Waals surface area contributed by atoms with E-state index in [-0.39, 0.29) is 19.2 Å². The zero-order valence-corrected chi connectivity index (χ0v) is 13.8. The van der Waals surface area contributed by atoms with Crippen molar-refractivity contribution in [1.82, 2.24) is 10.6 Å². The molecule has 1 atom stereocenters. The van der Waals surface area contributed by atoms with Crippen molar-refractivity contribution in [3.63, 3.8) is 0 Å². The number of nitrogens with one attached hydrogen (secondary N) is 2. The molecule has 2 N–H and O–H groups in total. The van der Waals surface area contributed by atoms with E-state index in [0.29, 0.717) is 6.61 Å². The lowest BCUT2D eigenvalue weighted by Gasteiger charge is -2.31. The van der Waals surface area contributed by atoms with Crippen LogP contribution in [0, 0.1) is 0 Å². The van der Waals surface area contributed by atoms with Crippen LogP contribution in [0.2, 0.25) is 0 Å². The van der Waals surface area contributed by atoms with Crippen molar-refractivity contribution in [2.45, 2.75) is 50.3 Å². The van der Waals surface area contributed by atoms with E-state index < -0.39 is 23.9 Å². The Balaban J connectivity index is 1.67. The molecule has 132 valence electrons. The Hall–Kier alpha value is -1.22. The Bertz CT molecular complexity index is 407. The Morgan fingerprint density at radius 1 is 1.13 bits per heavy atom. The van der Waals surface area contributed by atoms with E-state index in [4.69, 9.17) is 18.9 Å². The maximum atomic E-state index is 11.8. The number of amides is 2. The predicted molar refractivity (Wildman–Crippen MR) is 80.5 cm³/mol. The van der Waals surface area contributed by atoms with Crippen LogP contribution in [0.15, 0.2) is 0 Å². The maximum Gasteiger partial charge on any atom is 0.309 e. The van der Waals surface area contributed by atoms with Gasteiger partial charge in [-0.15, -0.1) is 0 Å². The molecule has 0 unspecified atom stereocenters. The average molecular weight is 330 g/mol. The molecule has 8 heteroatoms. The highest BCUT2D eigenvalue weighted by Gasteiger charge is 2.42. The second kappa shape index (κ2) is 8.58. The Morgan fingerprint density at radius 3 is 2.43 bits per heavy atom. The summed E-state index contributed by atoms with van der Waals surface area (Å²) in [6.45, 7) is 0.800. The highest BCUT2D eigenvalue weighted by molar-refractivity contribution is 6.35. The van der Waals surface area contributed by atoms with Crippen molar-refractivity contribution >= 4 is 11.8 Å². The van der Waals surface area contributed by atoms with E-state index in [2.05, 4.69) is 10.6 Å². The predicted octanol–water partition coefficient (Wildman–Crippen LogP) is -0.0865. The summed E-state index contributed by atoms with van der Waals surface area (Å²) in [6.07, 6.45) is 4.41. The lowest BCUT2D eigenvalue weighted by molar-refractivity contribution is -0.186. The number of hydrogen-bond donors (Lipinski definition) is 2. The van der Waals surface area contributed by atoms with Crippen LogP contribution in [-0.2, 0) is 28.5 Å². The quantitative estimate of drug-likeness (QED) is 0.522. The van der Waals surface area contributed by atoms with Gasteiger partial charge in [0, 0.05) is 33.6 Å². The normalized spacial score (nSPS) is 23.2. The molecule has 1 spiro atoms. The van der Waals surface area contributed by atoms with Gasteiger partial charge in [-0.1, -0.05) is 6.42 Å². The van der Waals surface area contributed by atoms with Crippen LogP contribution in [0.1, 0.15) is 32.1 Å². The number of ether oxygens (including phenoxy) is 4. The molecule has 0 aromatic carbocycles. The lowest BCUT2D eigenvalue weighted by Crippen LogP contribution is -2.45. The molecule has 8 nitrogen and oxygen atoms in total. The largest absolute Gasteiger partial charge is 0.354 e. The summed E-state index contributed by atoms with van der Waals surface area (Å²) in [5, 5.41) is 5.01. The SMILES string of the molecule is COC(CNC(=O)C(=O)NC[C@@H]1COC2(CCCCC2)O1)OC. The van der Waals surface area contributed by atoms with E-state index in [9.17, 15) is 9.59 Å². The number of carbonyl (C=O) groups excluding carboxylic acids is 2. The van der Waals surface area contributed by atoms with Crippen LogP contribution >= 0.6 is 0 Å². The molecule has 2 fully saturated rings. The number of methoxy groups -OCH3 is 2. The second-order valence-electron chi connectivity index (χ2n) is 5.84. The molecule has 1 aliphatic carbocycles. The molecule has 1 saturated heterocycles. The van der Waals surface area contributed by atoms with Crippen LogP contribution in [0.3, 0.4) is 0 Å². The summed E-state index contributed by atoms with van der Waals surface area (Å²) >= 11 is 0. The molecule has 0 bridgehead atoms. The first-order valence-electron chi connectivity index (χ1n) is 8.02. The smallest absolute Gasteiger partial charge is 0.309 e. The van der Waals surface area contributed by atoms with Gasteiger partial charge in [-0.05, 0) is 12.8 Å². The maximum absolute atomic E-state index is 11.8. The Morgan fingerprint density at radius 2 is 1.78 bits per heavy atom. The molecule has 23 heavy (non-hydrogen) atoms. The van der Waals surface area contributed by atoms with Crippen LogP contribution in [0.4, 0.5) is 0 Å². The second-order valence-corrected chi connectivity index (χ2v) is 5.84. The molecule has 2 rings (SSSR count). The highest BCUT2D eigenvalue weighted by Crippen LogP contribution is 2.37. The monoisotopic (exact) mass is 330 g/mol. The van der Waals surface area contributed by atoms with Gasteiger partial charge >= 0.3 is 11.8 Å². The summed E-state index contributed by atoms with van der Waals surface area (Å²) in [7, 11) is 2.91. The molecular weight excluding hydrogens is 304 g/mol. The first-order valence-corrected chi connectivity index (χ1v) is 8.02. The van der Waals surface area contributed by atoms with E-state index in [0.717, 1.165) is 25.7 Å². The molecule has 0 aromatic heterocycles. The molecular formula is C15H26N2O6. The number of carbonyl (C=O) groups is 2. The summed E-state index contributed by atoms with van der Waals surface area (Å²) in [6, 6.07) is 0. The van der Waals surface area contributed by atoms with E-state index in [1.165, 1.54) is 20.6 Å². The molecule has 1 heterocycles. The van der Waals surface area contributed by atoms with Gasteiger partial charge in [0.05, 0.1) is 13.2 Å². The fourth-order valence-electron chi connectivity index (χ4n) is 2.88. The summed E-state index contributed by atoms with van der Waals surface area (Å²) in [5.74, 6) is -1.90. The minimum Gasteiger partial charge on any atom is -0.354 e. The Labute approximate surface area is 136 Å². The van der Waals surface area contributed by atoms with Gasteiger partial charge in [-0.3, -0.25) is 9.59 Å². The molecule has 2 amide bonds. The van der Waals surface area contributed by atoms with Crippen molar-refractivity contribution in [3.05, 3.63) is 0 Å². The minimum absolute atomic E-state index is 0.103. The van der Waals surface area contributed by atoms with E-state index in [1.54, 1.807) is 0 Å². The lowest BCUT2D eigenvalue weighted by atomic mass is 9.94. The number of hydrogen-bond acceptors (Lipinski definition) is 6. The van der Waals surface area contributed by atoms with E-state index in [1.807, 2.05) is 0 Å². The third kappa shape index (κ3) is 5.13. The summed E-state index contributed by atoms with van der Waals surface area (Å²) < 4.78 is 21.6. The molecule has 1 aliphatic heterocycles. The van der Waals surface area contributed by atoms with Gasteiger partial charge in [0.25, 0.3) is 0 Å². The average Bonchev–Trinajstić information content (AvgIpc) is 2.96. The Kier molecular flexibility index (Phi) is 6.76. The van der Waals surface area contributed by atoms with Crippen molar-refractivity contribution in [2.24, 2.45) is 0 Å². The third-order valence-corrected chi connectivity index (χ3v) is 4.18. The first kappa shape index (κ1) is 18.1. The van der Waals surface area contributed by atoms with Crippen LogP contribution in [0.5, 0.6) is 0 Å². The van der Waals surface area contributed by atoms with Gasteiger partial charge in [0.1, 0.15) is 6.10 Å². The van der Waals surface area contributed by atoms with Crippen molar-refractivity contribution in [3.8, 4) is 0 Å². The summed E-state index contributed by atoms with van der Waals surface area (Å²) in [5.41, 5.74) is 0. The minimum atomic E-state index is -0.726.